The number of ether oxygens (including phenoxy) is 1. The number of hydrogen-bond donors (Lipinski definition) is 0. The van der Waals surface area contributed by atoms with E-state index in [2.05, 4.69) is 4.74 Å². The Bertz CT molecular complexity index is 145. The highest BCUT2D eigenvalue weighted by molar-refractivity contribution is 5.95. The molecule has 0 aromatic carbocycles. The number of hydrogen-bond acceptors (Lipinski definition) is 3. The molecular formula is C8H16O3. The lowest BCUT2D eigenvalue weighted by Gasteiger charge is -1.96. The van der Waals surface area contributed by atoms with E-state index in [0.29, 0.717) is 0 Å². The largest absolute Gasteiger partial charge is 0.393 e. The molecular weight excluding hydrogens is 144 g/mol. The van der Waals surface area contributed by atoms with Crippen LogP contribution in [-0.2, 0) is 14.3 Å². The van der Waals surface area contributed by atoms with Crippen LogP contribution in [0.3, 0.4) is 0 Å². The van der Waals surface area contributed by atoms with E-state index in [-0.39, 0.29) is 26.7 Å². The average Bonchev–Trinajstić information content (AvgIpc) is 1.98. The lowest BCUT2D eigenvalue weighted by atomic mass is 10.00. The summed E-state index contributed by atoms with van der Waals surface area (Å²) in [6.45, 7) is 3.38. The molecule has 0 aliphatic carbocycles. The Balaban J connectivity index is 0. The number of cyclic esters (lactones) is 2. The van der Waals surface area contributed by atoms with Crippen LogP contribution >= 0.6 is 0 Å². The maximum Gasteiger partial charge on any atom is 0.317 e. The Morgan fingerprint density at radius 2 is 1.27 bits per heavy atom. The fraction of sp³-hybridized carbons (Fsp3) is 0.750. The zero-order valence-corrected chi connectivity index (χ0v) is 5.38. The van der Waals surface area contributed by atoms with Crippen LogP contribution in [0.1, 0.15) is 28.7 Å². The monoisotopic (exact) mass is 160 g/mol. The number of esters is 2. The van der Waals surface area contributed by atoms with E-state index in [1.165, 1.54) is 0 Å². The second-order valence-corrected chi connectivity index (χ2v) is 2.32. The lowest BCUT2D eigenvalue weighted by Crippen LogP contribution is -2.09. The highest BCUT2D eigenvalue weighted by Crippen LogP contribution is 2.21. The fourth-order valence-corrected chi connectivity index (χ4v) is 0.693. The molecule has 11 heavy (non-hydrogen) atoms. The standard InChI is InChI=1S/C6H8O3.2CH4/c1-3-4(2)6(8)9-5(3)7;;/h3-4H,1-2H3;2*1H4. The first-order chi connectivity index (χ1) is 4.13. The van der Waals surface area contributed by atoms with E-state index in [1.807, 2.05) is 0 Å². The van der Waals surface area contributed by atoms with Gasteiger partial charge in [0.05, 0.1) is 11.8 Å². The van der Waals surface area contributed by atoms with Gasteiger partial charge in [-0.1, -0.05) is 28.7 Å². The van der Waals surface area contributed by atoms with Gasteiger partial charge in [0.25, 0.3) is 0 Å². The molecule has 66 valence electrons. The molecule has 0 aromatic heterocycles. The van der Waals surface area contributed by atoms with Gasteiger partial charge in [-0.05, 0) is 0 Å². The highest BCUT2D eigenvalue weighted by Gasteiger charge is 2.37. The summed E-state index contributed by atoms with van der Waals surface area (Å²) in [6.07, 6.45) is 0. The van der Waals surface area contributed by atoms with Crippen molar-refractivity contribution in [2.75, 3.05) is 0 Å². The van der Waals surface area contributed by atoms with Crippen molar-refractivity contribution in [1.29, 1.82) is 0 Å². The summed E-state index contributed by atoms with van der Waals surface area (Å²) in [5.74, 6) is -1.30. The molecule has 0 saturated carbocycles. The Labute approximate surface area is 67.7 Å². The van der Waals surface area contributed by atoms with Gasteiger partial charge in [-0.2, -0.15) is 0 Å². The molecule has 1 heterocycles. The molecule has 1 rings (SSSR count). The maximum atomic E-state index is 10.6. The van der Waals surface area contributed by atoms with Crippen molar-refractivity contribution in [2.45, 2.75) is 28.7 Å². The molecule has 3 nitrogen and oxygen atoms in total. The van der Waals surface area contributed by atoms with E-state index >= 15 is 0 Å². The van der Waals surface area contributed by atoms with Crippen LogP contribution < -0.4 is 0 Å². The van der Waals surface area contributed by atoms with Crippen molar-refractivity contribution in [2.24, 2.45) is 11.8 Å². The van der Waals surface area contributed by atoms with Crippen molar-refractivity contribution >= 4 is 11.9 Å². The number of rotatable bonds is 0. The predicted molar refractivity (Wildman–Crippen MR) is 42.9 cm³/mol. The van der Waals surface area contributed by atoms with Crippen molar-refractivity contribution in [3.63, 3.8) is 0 Å². The predicted octanol–water partition coefficient (Wildman–Crippen LogP) is 1.61. The number of carbonyl (C=O) groups is 2. The summed E-state index contributed by atoms with van der Waals surface area (Å²) in [5, 5.41) is 0. The topological polar surface area (TPSA) is 43.4 Å². The third kappa shape index (κ3) is 2.03. The van der Waals surface area contributed by atoms with Gasteiger partial charge in [-0.3, -0.25) is 9.59 Å². The molecule has 0 radical (unpaired) electrons. The van der Waals surface area contributed by atoms with Crippen LogP contribution in [0.5, 0.6) is 0 Å². The second kappa shape index (κ2) is 4.11. The smallest absolute Gasteiger partial charge is 0.317 e. The minimum Gasteiger partial charge on any atom is -0.393 e. The quantitative estimate of drug-likeness (QED) is 0.399. The van der Waals surface area contributed by atoms with Gasteiger partial charge in [0.15, 0.2) is 0 Å². The summed E-state index contributed by atoms with van der Waals surface area (Å²) in [4.78, 5) is 21.1. The van der Waals surface area contributed by atoms with Crippen LogP contribution in [0.2, 0.25) is 0 Å². The summed E-state index contributed by atoms with van der Waals surface area (Å²) < 4.78 is 4.31. The molecule has 0 N–H and O–H groups in total. The lowest BCUT2D eigenvalue weighted by molar-refractivity contribution is -0.153. The van der Waals surface area contributed by atoms with Crippen molar-refractivity contribution < 1.29 is 14.3 Å². The van der Waals surface area contributed by atoms with Crippen molar-refractivity contribution in [3.8, 4) is 0 Å². The van der Waals surface area contributed by atoms with Crippen molar-refractivity contribution in [1.82, 2.24) is 0 Å². The second-order valence-electron chi connectivity index (χ2n) is 2.32. The minimum atomic E-state index is -0.396. The first kappa shape index (κ1) is 12.8. The van der Waals surface area contributed by atoms with E-state index in [0.717, 1.165) is 0 Å². The first-order valence-electron chi connectivity index (χ1n) is 2.88. The van der Waals surface area contributed by atoms with Crippen LogP contribution in [0.4, 0.5) is 0 Å². The Morgan fingerprint density at radius 3 is 1.36 bits per heavy atom. The molecule has 3 heteroatoms. The van der Waals surface area contributed by atoms with E-state index < -0.39 is 11.9 Å². The molecule has 1 fully saturated rings. The molecule has 1 aliphatic heterocycles. The Kier molecular flexibility index (Phi) is 4.78. The van der Waals surface area contributed by atoms with Gasteiger partial charge in [0.2, 0.25) is 0 Å². The zero-order chi connectivity index (χ0) is 7.02. The SMILES string of the molecule is C.C.CC1C(=O)OC(=O)C1C. The van der Waals surface area contributed by atoms with E-state index in [9.17, 15) is 9.59 Å². The normalized spacial score (nSPS) is 28.5. The van der Waals surface area contributed by atoms with Crippen molar-refractivity contribution in [3.05, 3.63) is 0 Å². The van der Waals surface area contributed by atoms with Gasteiger partial charge in [0.1, 0.15) is 0 Å². The van der Waals surface area contributed by atoms with Gasteiger partial charge in [-0.15, -0.1) is 0 Å². The third-order valence-corrected chi connectivity index (χ3v) is 1.69. The molecule has 1 aliphatic rings. The third-order valence-electron chi connectivity index (χ3n) is 1.69. The molecule has 0 spiro atoms. The molecule has 0 bridgehead atoms. The molecule has 0 aromatic rings. The minimum absolute atomic E-state index is 0. The average molecular weight is 160 g/mol. The van der Waals surface area contributed by atoms with E-state index in [1.54, 1.807) is 13.8 Å². The van der Waals surface area contributed by atoms with Gasteiger partial charge in [0, 0.05) is 0 Å². The van der Waals surface area contributed by atoms with Gasteiger partial charge in [-0.25, -0.2) is 0 Å². The molecule has 2 atom stereocenters. The van der Waals surface area contributed by atoms with Crippen LogP contribution in [0.25, 0.3) is 0 Å². The molecule has 2 unspecified atom stereocenters. The summed E-state index contributed by atoms with van der Waals surface area (Å²) in [6, 6.07) is 0. The highest BCUT2D eigenvalue weighted by atomic mass is 16.6. The Morgan fingerprint density at radius 1 is 1.00 bits per heavy atom. The summed E-state index contributed by atoms with van der Waals surface area (Å²) in [5.41, 5.74) is 0. The molecule has 1 saturated heterocycles. The van der Waals surface area contributed by atoms with Crippen LogP contribution in [0, 0.1) is 11.8 Å². The van der Waals surface area contributed by atoms with Gasteiger partial charge < -0.3 is 4.74 Å². The van der Waals surface area contributed by atoms with Gasteiger partial charge >= 0.3 is 11.9 Å². The Hall–Kier alpha value is -0.860. The summed E-state index contributed by atoms with van der Waals surface area (Å²) in [7, 11) is 0. The van der Waals surface area contributed by atoms with Crippen LogP contribution in [0.15, 0.2) is 0 Å². The van der Waals surface area contributed by atoms with E-state index in [4.69, 9.17) is 0 Å². The summed E-state index contributed by atoms with van der Waals surface area (Å²) >= 11 is 0. The maximum absolute atomic E-state index is 10.6. The molecule has 0 amide bonds. The first-order valence-corrected chi connectivity index (χ1v) is 2.88. The number of carbonyl (C=O) groups excluding carboxylic acids is 2. The fourth-order valence-electron chi connectivity index (χ4n) is 0.693. The van der Waals surface area contributed by atoms with Crippen LogP contribution in [-0.4, -0.2) is 11.9 Å². The zero-order valence-electron chi connectivity index (χ0n) is 5.38.